The van der Waals surface area contributed by atoms with Crippen LogP contribution in [0, 0.1) is 0 Å². The van der Waals surface area contributed by atoms with Crippen molar-refractivity contribution < 1.29 is 9.21 Å². The maximum absolute atomic E-state index is 9.67. The van der Waals surface area contributed by atoms with Crippen LogP contribution in [0.25, 0.3) is 0 Å². The second-order valence-electron chi connectivity index (χ2n) is 1.86. The summed E-state index contributed by atoms with van der Waals surface area (Å²) in [4.78, 5) is 9.67. The molecule has 0 atom stereocenters. The average Bonchev–Trinajstić information content (AvgIpc) is 2.41. The Bertz CT molecular complexity index is 181. The molecule has 1 aromatic rings. The van der Waals surface area contributed by atoms with Crippen molar-refractivity contribution >= 4 is 6.41 Å². The van der Waals surface area contributed by atoms with Crippen molar-refractivity contribution in [2.24, 2.45) is 0 Å². The largest absolute Gasteiger partial charge is 0.469 e. The summed E-state index contributed by atoms with van der Waals surface area (Å²) in [7, 11) is 0. The van der Waals surface area contributed by atoms with Crippen molar-refractivity contribution in [2.75, 3.05) is 6.54 Å². The third-order valence-corrected chi connectivity index (χ3v) is 1.15. The first-order valence-corrected chi connectivity index (χ1v) is 3.06. The predicted molar refractivity (Wildman–Crippen MR) is 36.1 cm³/mol. The van der Waals surface area contributed by atoms with Gasteiger partial charge in [0.1, 0.15) is 5.76 Å². The van der Waals surface area contributed by atoms with E-state index in [4.69, 9.17) is 4.42 Å². The molecule has 53 valence electrons. The van der Waals surface area contributed by atoms with Crippen molar-refractivity contribution in [3.8, 4) is 0 Å². The average molecular weight is 138 g/mol. The molecule has 3 nitrogen and oxygen atoms in total. The van der Waals surface area contributed by atoms with Crippen LogP contribution in [0.5, 0.6) is 0 Å². The molecule has 0 aromatic carbocycles. The van der Waals surface area contributed by atoms with E-state index in [1.54, 1.807) is 12.7 Å². The Labute approximate surface area is 59.0 Å². The van der Waals surface area contributed by atoms with E-state index in [1.807, 2.05) is 12.1 Å². The highest BCUT2D eigenvalue weighted by Crippen LogP contribution is 1.98. The van der Waals surface area contributed by atoms with Gasteiger partial charge in [-0.15, -0.1) is 0 Å². The Balaban J connectivity index is 2.21. The summed E-state index contributed by atoms with van der Waals surface area (Å²) in [6, 6.07) is 3.69. The second-order valence-corrected chi connectivity index (χ2v) is 1.86. The fourth-order valence-corrected chi connectivity index (χ4v) is 0.692. The molecule has 1 aromatic heterocycles. The van der Waals surface area contributed by atoms with Crippen LogP contribution in [0.1, 0.15) is 5.76 Å². The van der Waals surface area contributed by atoms with Crippen molar-refractivity contribution in [1.29, 1.82) is 0 Å². The molecular formula is C7H8NO2. The highest BCUT2D eigenvalue weighted by molar-refractivity contribution is 5.46. The van der Waals surface area contributed by atoms with Gasteiger partial charge in [-0.05, 0) is 12.1 Å². The fourth-order valence-electron chi connectivity index (χ4n) is 0.692. The van der Waals surface area contributed by atoms with E-state index >= 15 is 0 Å². The van der Waals surface area contributed by atoms with Crippen LogP contribution in [0.4, 0.5) is 0 Å². The third-order valence-electron chi connectivity index (χ3n) is 1.15. The predicted octanol–water partition coefficient (Wildman–Crippen LogP) is 0.479. The molecule has 1 rings (SSSR count). The molecule has 0 aliphatic heterocycles. The fraction of sp³-hybridized carbons (Fsp3) is 0.286. The van der Waals surface area contributed by atoms with Crippen LogP contribution in [-0.4, -0.2) is 13.0 Å². The molecule has 1 N–H and O–H groups in total. The number of hydrogen-bond donors (Lipinski definition) is 1. The van der Waals surface area contributed by atoms with E-state index in [0.717, 1.165) is 12.2 Å². The summed E-state index contributed by atoms with van der Waals surface area (Å²) in [5.74, 6) is 0.878. The first-order chi connectivity index (χ1) is 4.93. The zero-order valence-corrected chi connectivity index (χ0v) is 5.46. The van der Waals surface area contributed by atoms with E-state index in [1.165, 1.54) is 0 Å². The minimum atomic E-state index is 0.580. The van der Waals surface area contributed by atoms with Crippen molar-refractivity contribution in [3.63, 3.8) is 0 Å². The summed E-state index contributed by atoms with van der Waals surface area (Å²) >= 11 is 0. The Morgan fingerprint density at radius 2 is 2.60 bits per heavy atom. The molecule has 0 unspecified atom stereocenters. The first-order valence-electron chi connectivity index (χ1n) is 3.06. The van der Waals surface area contributed by atoms with Gasteiger partial charge in [-0.25, -0.2) is 0 Å². The topological polar surface area (TPSA) is 42.2 Å². The van der Waals surface area contributed by atoms with Crippen LogP contribution >= 0.6 is 0 Å². The number of carbonyl (C=O) groups excluding carboxylic acids is 1. The lowest BCUT2D eigenvalue weighted by Crippen LogP contribution is -2.13. The van der Waals surface area contributed by atoms with Crippen LogP contribution in [0.3, 0.4) is 0 Å². The second kappa shape index (κ2) is 3.71. The highest BCUT2D eigenvalue weighted by atomic mass is 16.3. The number of furan rings is 1. The monoisotopic (exact) mass is 138 g/mol. The van der Waals surface area contributed by atoms with Gasteiger partial charge < -0.3 is 9.73 Å². The van der Waals surface area contributed by atoms with Gasteiger partial charge in [-0.2, -0.15) is 0 Å². The Kier molecular flexibility index (Phi) is 2.55. The number of hydrogen-bond acceptors (Lipinski definition) is 2. The maximum Gasteiger partial charge on any atom is 0.309 e. The zero-order chi connectivity index (χ0) is 7.23. The van der Waals surface area contributed by atoms with Gasteiger partial charge in [0.25, 0.3) is 0 Å². The molecule has 3 heteroatoms. The molecule has 1 radical (unpaired) electrons. The highest BCUT2D eigenvalue weighted by Gasteiger charge is 1.92. The van der Waals surface area contributed by atoms with E-state index in [9.17, 15) is 4.79 Å². The van der Waals surface area contributed by atoms with Crippen molar-refractivity contribution in [2.45, 2.75) is 6.42 Å². The normalized spacial score (nSPS) is 9.20. The zero-order valence-electron chi connectivity index (χ0n) is 5.46. The van der Waals surface area contributed by atoms with E-state index in [0.29, 0.717) is 6.54 Å². The van der Waals surface area contributed by atoms with Gasteiger partial charge >= 0.3 is 6.41 Å². The van der Waals surface area contributed by atoms with Gasteiger partial charge in [0.15, 0.2) is 0 Å². The molecule has 0 aliphatic rings. The molecule has 0 bridgehead atoms. The smallest absolute Gasteiger partial charge is 0.309 e. The van der Waals surface area contributed by atoms with Crippen LogP contribution < -0.4 is 5.32 Å². The molecule has 0 saturated carbocycles. The van der Waals surface area contributed by atoms with E-state index in [-0.39, 0.29) is 0 Å². The molecule has 1 heterocycles. The lowest BCUT2D eigenvalue weighted by atomic mass is 10.3. The minimum Gasteiger partial charge on any atom is -0.469 e. The molecule has 0 saturated heterocycles. The molecular weight excluding hydrogens is 130 g/mol. The maximum atomic E-state index is 9.67. The first kappa shape index (κ1) is 6.86. The van der Waals surface area contributed by atoms with Gasteiger partial charge in [0.2, 0.25) is 0 Å². The van der Waals surface area contributed by atoms with E-state index in [2.05, 4.69) is 5.32 Å². The quantitative estimate of drug-likeness (QED) is 0.485. The number of rotatable bonds is 4. The lowest BCUT2D eigenvalue weighted by Gasteiger charge is -1.92. The molecule has 1 amide bonds. The summed E-state index contributed by atoms with van der Waals surface area (Å²) in [6.45, 7) is 0.580. The molecule has 0 fully saturated rings. The van der Waals surface area contributed by atoms with Gasteiger partial charge in [-0.3, -0.25) is 4.79 Å². The van der Waals surface area contributed by atoms with Crippen LogP contribution in [0.15, 0.2) is 22.8 Å². The van der Waals surface area contributed by atoms with Crippen LogP contribution in [0.2, 0.25) is 0 Å². The SMILES string of the molecule is O=[C]NCCc1ccco1. The number of nitrogens with one attached hydrogen (secondary N) is 1. The number of amides is 1. The van der Waals surface area contributed by atoms with Crippen molar-refractivity contribution in [1.82, 2.24) is 5.32 Å². The van der Waals surface area contributed by atoms with Gasteiger partial charge in [0.05, 0.1) is 6.26 Å². The summed E-state index contributed by atoms with van der Waals surface area (Å²) in [5.41, 5.74) is 0. The third kappa shape index (κ3) is 1.93. The molecule has 0 aliphatic carbocycles. The van der Waals surface area contributed by atoms with E-state index < -0.39 is 0 Å². The van der Waals surface area contributed by atoms with Crippen molar-refractivity contribution in [3.05, 3.63) is 24.2 Å². The summed E-state index contributed by atoms with van der Waals surface area (Å²) < 4.78 is 5.01. The summed E-state index contributed by atoms with van der Waals surface area (Å²) in [5, 5.41) is 2.42. The lowest BCUT2D eigenvalue weighted by molar-refractivity contribution is 0.502. The van der Waals surface area contributed by atoms with Crippen LogP contribution in [-0.2, 0) is 11.2 Å². The Morgan fingerprint density at radius 1 is 1.70 bits per heavy atom. The Morgan fingerprint density at radius 3 is 3.20 bits per heavy atom. The molecule has 0 spiro atoms. The van der Waals surface area contributed by atoms with Gasteiger partial charge in [-0.1, -0.05) is 0 Å². The summed E-state index contributed by atoms with van der Waals surface area (Å²) in [6.07, 6.45) is 3.92. The minimum absolute atomic E-state index is 0.580. The molecule has 10 heavy (non-hydrogen) atoms. The standard InChI is InChI=1S/C7H8NO2/c9-6-8-4-3-7-2-1-5-10-7/h1-2,5H,3-4H2,(H,8,9). The Hall–Kier alpha value is -1.25. The van der Waals surface area contributed by atoms with Gasteiger partial charge in [0, 0.05) is 13.0 Å².